The molecule has 6 nitrogen and oxygen atoms in total. The van der Waals surface area contributed by atoms with Crippen LogP contribution < -0.4 is 10.5 Å². The summed E-state index contributed by atoms with van der Waals surface area (Å²) in [6, 6.07) is 3.08. The molecule has 0 saturated heterocycles. The number of nitrogens with one attached hydrogen (secondary N) is 1. The van der Waals surface area contributed by atoms with Crippen molar-refractivity contribution in [3.8, 4) is 0 Å². The molecule has 0 aromatic carbocycles. The molecule has 1 unspecified atom stereocenters. The van der Waals surface area contributed by atoms with E-state index in [4.69, 9.17) is 9.56 Å². The molecule has 2 heterocycles. The summed E-state index contributed by atoms with van der Waals surface area (Å²) < 4.78 is 27.3. The van der Waals surface area contributed by atoms with E-state index in [-0.39, 0.29) is 11.1 Å². The third kappa shape index (κ3) is 3.63. The van der Waals surface area contributed by atoms with Crippen LogP contribution in [0.15, 0.2) is 33.2 Å². The molecule has 2 rings (SSSR count). The molecule has 2 aromatic rings. The highest BCUT2D eigenvalue weighted by Crippen LogP contribution is 2.20. The Kier molecular flexibility index (Phi) is 4.35. The highest BCUT2D eigenvalue weighted by molar-refractivity contribution is 7.89. The van der Waals surface area contributed by atoms with E-state index in [1.54, 1.807) is 23.6 Å². The van der Waals surface area contributed by atoms with Crippen LogP contribution in [0.1, 0.15) is 30.2 Å². The minimum absolute atomic E-state index is 0.128. The van der Waals surface area contributed by atoms with Gasteiger partial charge in [0.05, 0.1) is 12.6 Å². The zero-order valence-electron chi connectivity index (χ0n) is 10.4. The van der Waals surface area contributed by atoms with Crippen molar-refractivity contribution >= 4 is 21.4 Å². The second kappa shape index (κ2) is 5.83. The van der Waals surface area contributed by atoms with Crippen LogP contribution in [0.2, 0.25) is 0 Å². The van der Waals surface area contributed by atoms with Crippen molar-refractivity contribution in [2.75, 3.05) is 0 Å². The van der Waals surface area contributed by atoms with Gasteiger partial charge >= 0.3 is 0 Å². The second-order valence-corrected chi connectivity index (χ2v) is 6.40. The van der Waals surface area contributed by atoms with Gasteiger partial charge in [-0.05, 0) is 18.6 Å². The fraction of sp³-hybridized carbons (Fsp3) is 0.364. The fourth-order valence-electron chi connectivity index (χ4n) is 1.64. The molecule has 0 radical (unpaired) electrons. The molecular weight excluding hydrogens is 286 g/mol. The molecule has 0 amide bonds. The predicted molar refractivity (Wildman–Crippen MR) is 72.1 cm³/mol. The molecule has 0 aliphatic carbocycles. The van der Waals surface area contributed by atoms with Gasteiger partial charge in [0.2, 0.25) is 5.09 Å². The lowest BCUT2D eigenvalue weighted by atomic mass is 10.2. The maximum atomic E-state index is 11.1. The quantitative estimate of drug-likeness (QED) is 0.845. The number of hydrogen-bond acceptors (Lipinski definition) is 6. The maximum absolute atomic E-state index is 11.1. The van der Waals surface area contributed by atoms with E-state index in [1.165, 1.54) is 6.07 Å². The van der Waals surface area contributed by atoms with Gasteiger partial charge in [0.1, 0.15) is 10.8 Å². The van der Waals surface area contributed by atoms with Crippen molar-refractivity contribution in [3.05, 3.63) is 34.5 Å². The van der Waals surface area contributed by atoms with Gasteiger partial charge in [-0.15, -0.1) is 11.3 Å². The third-order valence-electron chi connectivity index (χ3n) is 2.60. The number of rotatable bonds is 6. The lowest BCUT2D eigenvalue weighted by Crippen LogP contribution is -2.19. The topological polar surface area (TPSA) is 98.2 Å². The Hall–Kier alpha value is -1.22. The first-order valence-corrected chi connectivity index (χ1v) is 8.17. The molecular formula is C11H15N3O3S2. The van der Waals surface area contributed by atoms with Gasteiger partial charge in [-0.1, -0.05) is 6.92 Å². The summed E-state index contributed by atoms with van der Waals surface area (Å²) in [4.78, 5) is 4.25. The van der Waals surface area contributed by atoms with Gasteiger partial charge in [0.25, 0.3) is 10.0 Å². The number of primary sulfonamides is 1. The SMILES string of the molecule is CCC(NCc1ccc(S(N)(=O)=O)o1)c1nccs1. The Bertz CT molecular complexity index is 619. The summed E-state index contributed by atoms with van der Waals surface area (Å²) in [5.74, 6) is 0.527. The largest absolute Gasteiger partial charge is 0.447 e. The smallest absolute Gasteiger partial charge is 0.271 e. The molecule has 0 bridgehead atoms. The zero-order chi connectivity index (χ0) is 13.9. The molecule has 0 saturated carbocycles. The first kappa shape index (κ1) is 14.2. The Morgan fingerprint density at radius 3 is 2.84 bits per heavy atom. The molecule has 19 heavy (non-hydrogen) atoms. The minimum Gasteiger partial charge on any atom is -0.447 e. The van der Waals surface area contributed by atoms with Crippen LogP contribution in [-0.2, 0) is 16.6 Å². The maximum Gasteiger partial charge on any atom is 0.271 e. The Balaban J connectivity index is 2.00. The van der Waals surface area contributed by atoms with Crippen molar-refractivity contribution < 1.29 is 12.8 Å². The summed E-state index contributed by atoms with van der Waals surface area (Å²) in [6.45, 7) is 2.48. The van der Waals surface area contributed by atoms with Crippen molar-refractivity contribution in [3.63, 3.8) is 0 Å². The summed E-state index contributed by atoms with van der Waals surface area (Å²) in [5, 5.41) is 11.0. The van der Waals surface area contributed by atoms with E-state index in [1.807, 2.05) is 5.38 Å². The van der Waals surface area contributed by atoms with Crippen molar-refractivity contribution in [2.45, 2.75) is 31.0 Å². The average Bonchev–Trinajstić information content (AvgIpc) is 2.99. The van der Waals surface area contributed by atoms with Crippen LogP contribution in [0.5, 0.6) is 0 Å². The first-order chi connectivity index (χ1) is 9.00. The van der Waals surface area contributed by atoms with E-state index < -0.39 is 10.0 Å². The standard InChI is InChI=1S/C11H15N3O3S2/c1-2-9(11-13-5-6-18-11)14-7-8-3-4-10(17-8)19(12,15)16/h3-6,9,14H,2,7H2,1H3,(H2,12,15,16). The summed E-state index contributed by atoms with van der Waals surface area (Å²) in [6.07, 6.45) is 2.65. The monoisotopic (exact) mass is 301 g/mol. The van der Waals surface area contributed by atoms with Gasteiger partial charge in [-0.2, -0.15) is 0 Å². The Morgan fingerprint density at radius 2 is 2.32 bits per heavy atom. The normalized spacial score (nSPS) is 13.6. The predicted octanol–water partition coefficient (Wildman–Crippen LogP) is 1.62. The van der Waals surface area contributed by atoms with Gasteiger partial charge in [0.15, 0.2) is 0 Å². The van der Waals surface area contributed by atoms with Gasteiger partial charge < -0.3 is 9.73 Å². The van der Waals surface area contributed by atoms with E-state index in [0.717, 1.165) is 11.4 Å². The Labute approximate surface area is 115 Å². The number of hydrogen-bond donors (Lipinski definition) is 2. The molecule has 0 aliphatic heterocycles. The fourth-order valence-corrected chi connectivity index (χ4v) is 2.92. The highest BCUT2D eigenvalue weighted by atomic mass is 32.2. The molecule has 0 fully saturated rings. The third-order valence-corrected chi connectivity index (χ3v) is 4.27. The van der Waals surface area contributed by atoms with E-state index >= 15 is 0 Å². The van der Waals surface area contributed by atoms with Crippen LogP contribution in [-0.4, -0.2) is 13.4 Å². The van der Waals surface area contributed by atoms with Crippen molar-refractivity contribution in [1.82, 2.24) is 10.3 Å². The zero-order valence-corrected chi connectivity index (χ0v) is 12.0. The molecule has 3 N–H and O–H groups in total. The number of nitrogens with two attached hydrogens (primary N) is 1. The molecule has 2 aromatic heterocycles. The summed E-state index contributed by atoms with van der Waals surface area (Å²) >= 11 is 1.58. The van der Waals surface area contributed by atoms with Crippen molar-refractivity contribution in [2.24, 2.45) is 5.14 Å². The number of thiazole rings is 1. The molecule has 8 heteroatoms. The van der Waals surface area contributed by atoms with Gasteiger partial charge in [-0.25, -0.2) is 18.5 Å². The first-order valence-electron chi connectivity index (χ1n) is 5.75. The van der Waals surface area contributed by atoms with Crippen LogP contribution in [0.25, 0.3) is 0 Å². The van der Waals surface area contributed by atoms with Crippen LogP contribution in [0, 0.1) is 0 Å². The van der Waals surface area contributed by atoms with Gasteiger partial charge in [-0.3, -0.25) is 0 Å². The lowest BCUT2D eigenvalue weighted by Gasteiger charge is -2.12. The number of sulfonamides is 1. The molecule has 0 spiro atoms. The summed E-state index contributed by atoms with van der Waals surface area (Å²) in [7, 11) is -3.77. The number of nitrogens with zero attached hydrogens (tertiary/aromatic N) is 1. The van der Waals surface area contributed by atoms with E-state index in [0.29, 0.717) is 12.3 Å². The highest BCUT2D eigenvalue weighted by Gasteiger charge is 2.15. The lowest BCUT2D eigenvalue weighted by molar-refractivity contribution is 0.387. The number of aromatic nitrogens is 1. The minimum atomic E-state index is -3.77. The molecule has 0 aliphatic rings. The van der Waals surface area contributed by atoms with Crippen LogP contribution in [0.3, 0.4) is 0 Å². The van der Waals surface area contributed by atoms with Crippen LogP contribution in [0.4, 0.5) is 0 Å². The van der Waals surface area contributed by atoms with Gasteiger partial charge in [0, 0.05) is 11.6 Å². The van der Waals surface area contributed by atoms with Crippen molar-refractivity contribution in [1.29, 1.82) is 0 Å². The number of furan rings is 1. The van der Waals surface area contributed by atoms with E-state index in [2.05, 4.69) is 17.2 Å². The average molecular weight is 301 g/mol. The molecule has 1 atom stereocenters. The van der Waals surface area contributed by atoms with E-state index in [9.17, 15) is 8.42 Å². The summed E-state index contributed by atoms with van der Waals surface area (Å²) in [5.41, 5.74) is 0. The molecule has 104 valence electrons. The Morgan fingerprint density at radius 1 is 1.53 bits per heavy atom. The second-order valence-electron chi connectivity index (χ2n) is 3.98. The van der Waals surface area contributed by atoms with Crippen LogP contribution >= 0.6 is 11.3 Å².